The first kappa shape index (κ1) is 14.6. The molecule has 1 aromatic rings. The van der Waals surface area contributed by atoms with Gasteiger partial charge < -0.3 is 14.6 Å². The van der Waals surface area contributed by atoms with Crippen molar-refractivity contribution < 1.29 is 27.8 Å². The maximum atomic E-state index is 12.0. The second-order valence-electron chi connectivity index (χ2n) is 3.63. The van der Waals surface area contributed by atoms with Gasteiger partial charge >= 0.3 is 6.18 Å². The third kappa shape index (κ3) is 5.77. The standard InChI is InChI=1S/C12H15F3O3/c13-12(14,15)9-18-11-6-2-1-5-10(11)17-8-4-3-7-16/h1-2,5-6,16H,3-4,7-9H2. The number of aliphatic hydroxyl groups excluding tert-OH is 1. The fraction of sp³-hybridized carbons (Fsp3) is 0.500. The van der Waals surface area contributed by atoms with Gasteiger partial charge in [0, 0.05) is 6.61 Å². The number of halogens is 3. The minimum Gasteiger partial charge on any atom is -0.490 e. The molecule has 0 spiro atoms. The Labute approximate surface area is 103 Å². The van der Waals surface area contributed by atoms with Crippen molar-refractivity contribution in [2.45, 2.75) is 19.0 Å². The highest BCUT2D eigenvalue weighted by Gasteiger charge is 2.28. The van der Waals surface area contributed by atoms with Crippen molar-refractivity contribution in [1.29, 1.82) is 0 Å². The molecule has 0 aliphatic carbocycles. The van der Waals surface area contributed by atoms with E-state index in [9.17, 15) is 13.2 Å². The molecule has 18 heavy (non-hydrogen) atoms. The molecule has 3 nitrogen and oxygen atoms in total. The molecule has 0 unspecified atom stereocenters. The lowest BCUT2D eigenvalue weighted by Gasteiger charge is -2.13. The summed E-state index contributed by atoms with van der Waals surface area (Å²) in [5, 5.41) is 8.59. The van der Waals surface area contributed by atoms with Crippen LogP contribution in [-0.2, 0) is 0 Å². The molecule has 1 rings (SSSR count). The number of para-hydroxylation sites is 2. The van der Waals surface area contributed by atoms with E-state index in [1.165, 1.54) is 6.07 Å². The molecule has 0 atom stereocenters. The number of ether oxygens (including phenoxy) is 2. The molecule has 1 aromatic carbocycles. The Kier molecular flexibility index (Phi) is 5.77. The van der Waals surface area contributed by atoms with Gasteiger partial charge in [0.2, 0.25) is 0 Å². The van der Waals surface area contributed by atoms with Gasteiger partial charge in [-0.2, -0.15) is 13.2 Å². The molecule has 1 N–H and O–H groups in total. The van der Waals surface area contributed by atoms with Crippen LogP contribution < -0.4 is 9.47 Å². The molecule has 0 radical (unpaired) electrons. The number of hydrogen-bond acceptors (Lipinski definition) is 3. The van der Waals surface area contributed by atoms with Gasteiger partial charge in [-0.15, -0.1) is 0 Å². The molecule has 0 amide bonds. The number of alkyl halides is 3. The second kappa shape index (κ2) is 7.10. The van der Waals surface area contributed by atoms with Crippen LogP contribution in [0.2, 0.25) is 0 Å². The Morgan fingerprint density at radius 2 is 1.61 bits per heavy atom. The number of hydrogen-bond donors (Lipinski definition) is 1. The summed E-state index contributed by atoms with van der Waals surface area (Å²) < 4.78 is 46.1. The fourth-order valence-electron chi connectivity index (χ4n) is 1.24. The van der Waals surface area contributed by atoms with E-state index in [1.807, 2.05) is 0 Å². The monoisotopic (exact) mass is 264 g/mol. The Bertz CT molecular complexity index is 353. The molecular weight excluding hydrogens is 249 g/mol. The number of benzene rings is 1. The van der Waals surface area contributed by atoms with Crippen molar-refractivity contribution in [2.24, 2.45) is 0 Å². The van der Waals surface area contributed by atoms with E-state index in [2.05, 4.69) is 4.74 Å². The third-order valence-electron chi connectivity index (χ3n) is 2.05. The van der Waals surface area contributed by atoms with Gasteiger partial charge in [-0.25, -0.2) is 0 Å². The van der Waals surface area contributed by atoms with Crippen molar-refractivity contribution in [3.63, 3.8) is 0 Å². The predicted octanol–water partition coefficient (Wildman–Crippen LogP) is 2.78. The molecule has 0 heterocycles. The van der Waals surface area contributed by atoms with Gasteiger partial charge in [0.15, 0.2) is 18.1 Å². The van der Waals surface area contributed by atoms with E-state index in [4.69, 9.17) is 9.84 Å². The molecule has 0 aliphatic rings. The highest BCUT2D eigenvalue weighted by Crippen LogP contribution is 2.28. The molecule has 102 valence electrons. The first-order valence-electron chi connectivity index (χ1n) is 5.55. The smallest absolute Gasteiger partial charge is 0.422 e. The SMILES string of the molecule is OCCCCOc1ccccc1OCC(F)(F)F. The Balaban J connectivity index is 2.51. The summed E-state index contributed by atoms with van der Waals surface area (Å²) in [6.07, 6.45) is -3.15. The Hall–Kier alpha value is -1.43. The quantitative estimate of drug-likeness (QED) is 0.770. The van der Waals surface area contributed by atoms with Crippen LogP contribution in [0.4, 0.5) is 13.2 Å². The highest BCUT2D eigenvalue weighted by atomic mass is 19.4. The summed E-state index contributed by atoms with van der Waals surface area (Å²) in [7, 11) is 0. The van der Waals surface area contributed by atoms with Crippen LogP contribution >= 0.6 is 0 Å². The van der Waals surface area contributed by atoms with E-state index in [0.29, 0.717) is 19.4 Å². The molecule has 0 fully saturated rings. The predicted molar refractivity (Wildman–Crippen MR) is 59.8 cm³/mol. The first-order valence-corrected chi connectivity index (χ1v) is 5.55. The normalized spacial score (nSPS) is 11.3. The molecule has 0 aliphatic heterocycles. The molecule has 0 saturated heterocycles. The maximum absolute atomic E-state index is 12.0. The summed E-state index contributed by atoms with van der Waals surface area (Å²) in [5.41, 5.74) is 0. The lowest BCUT2D eigenvalue weighted by molar-refractivity contribution is -0.153. The average Bonchev–Trinajstić information content (AvgIpc) is 2.32. The molecule has 0 saturated carbocycles. The van der Waals surface area contributed by atoms with E-state index in [-0.39, 0.29) is 18.1 Å². The van der Waals surface area contributed by atoms with E-state index >= 15 is 0 Å². The average molecular weight is 264 g/mol. The molecule has 6 heteroatoms. The summed E-state index contributed by atoms with van der Waals surface area (Å²) in [4.78, 5) is 0. The summed E-state index contributed by atoms with van der Waals surface area (Å²) in [5.74, 6) is 0.346. The van der Waals surface area contributed by atoms with Crippen LogP contribution in [0.5, 0.6) is 11.5 Å². The van der Waals surface area contributed by atoms with Crippen LogP contribution in [0.25, 0.3) is 0 Å². The van der Waals surface area contributed by atoms with Gasteiger partial charge in [0.05, 0.1) is 6.61 Å². The highest BCUT2D eigenvalue weighted by molar-refractivity contribution is 5.39. The van der Waals surface area contributed by atoms with Crippen molar-refractivity contribution in [3.05, 3.63) is 24.3 Å². The van der Waals surface area contributed by atoms with Crippen molar-refractivity contribution in [3.8, 4) is 11.5 Å². The minimum absolute atomic E-state index is 0.0651. The minimum atomic E-state index is -4.37. The van der Waals surface area contributed by atoms with Crippen molar-refractivity contribution in [1.82, 2.24) is 0 Å². The summed E-state index contributed by atoms with van der Waals surface area (Å²) >= 11 is 0. The zero-order chi connectivity index (χ0) is 13.4. The Morgan fingerprint density at radius 3 is 2.17 bits per heavy atom. The summed E-state index contributed by atoms with van der Waals surface area (Å²) in [6, 6.07) is 6.20. The van der Waals surface area contributed by atoms with Crippen molar-refractivity contribution >= 4 is 0 Å². The van der Waals surface area contributed by atoms with Gasteiger partial charge in [-0.3, -0.25) is 0 Å². The molecule has 0 aromatic heterocycles. The lowest BCUT2D eigenvalue weighted by atomic mass is 10.3. The van der Waals surface area contributed by atoms with Crippen LogP contribution in [0.15, 0.2) is 24.3 Å². The van der Waals surface area contributed by atoms with Crippen LogP contribution in [0.1, 0.15) is 12.8 Å². The zero-order valence-electron chi connectivity index (χ0n) is 9.74. The molecule has 0 bridgehead atoms. The second-order valence-corrected chi connectivity index (χ2v) is 3.63. The lowest BCUT2D eigenvalue weighted by Crippen LogP contribution is -2.19. The van der Waals surface area contributed by atoms with Crippen LogP contribution in [0, 0.1) is 0 Å². The van der Waals surface area contributed by atoms with Gasteiger partial charge in [0.1, 0.15) is 0 Å². The number of rotatable bonds is 7. The van der Waals surface area contributed by atoms with Gasteiger partial charge in [-0.1, -0.05) is 12.1 Å². The first-order chi connectivity index (χ1) is 8.53. The van der Waals surface area contributed by atoms with Gasteiger partial charge in [-0.05, 0) is 25.0 Å². The fourth-order valence-corrected chi connectivity index (χ4v) is 1.24. The summed E-state index contributed by atoms with van der Waals surface area (Å²) in [6.45, 7) is -0.952. The van der Waals surface area contributed by atoms with Crippen LogP contribution in [0.3, 0.4) is 0 Å². The van der Waals surface area contributed by atoms with Crippen LogP contribution in [-0.4, -0.2) is 31.1 Å². The number of unbranched alkanes of at least 4 members (excludes halogenated alkanes) is 1. The topological polar surface area (TPSA) is 38.7 Å². The maximum Gasteiger partial charge on any atom is 0.422 e. The molecular formula is C12H15F3O3. The Morgan fingerprint density at radius 1 is 1.00 bits per heavy atom. The third-order valence-corrected chi connectivity index (χ3v) is 2.05. The largest absolute Gasteiger partial charge is 0.490 e. The van der Waals surface area contributed by atoms with E-state index in [1.54, 1.807) is 18.2 Å². The number of aliphatic hydroxyl groups is 1. The van der Waals surface area contributed by atoms with Crippen molar-refractivity contribution in [2.75, 3.05) is 19.8 Å². The zero-order valence-corrected chi connectivity index (χ0v) is 9.74. The van der Waals surface area contributed by atoms with E-state index < -0.39 is 12.8 Å². The van der Waals surface area contributed by atoms with Gasteiger partial charge in [0.25, 0.3) is 0 Å². The van der Waals surface area contributed by atoms with E-state index in [0.717, 1.165) is 0 Å².